The van der Waals surface area contributed by atoms with Gasteiger partial charge in [-0.2, -0.15) is 0 Å². The molecule has 0 spiro atoms. The molecular formula is C14H22N2O3. The fourth-order valence-electron chi connectivity index (χ4n) is 1.60. The van der Waals surface area contributed by atoms with Gasteiger partial charge in [0.15, 0.2) is 0 Å². The van der Waals surface area contributed by atoms with Gasteiger partial charge in [0.1, 0.15) is 0 Å². The van der Waals surface area contributed by atoms with Gasteiger partial charge >= 0.3 is 6.03 Å². The summed E-state index contributed by atoms with van der Waals surface area (Å²) in [4.78, 5) is 11.7. The highest BCUT2D eigenvalue weighted by Crippen LogP contribution is 2.16. The second kappa shape index (κ2) is 7.76. The van der Waals surface area contributed by atoms with Gasteiger partial charge in [0, 0.05) is 12.3 Å². The van der Waals surface area contributed by atoms with Crippen molar-refractivity contribution in [1.82, 2.24) is 5.32 Å². The highest BCUT2D eigenvalue weighted by atomic mass is 16.5. The Hall–Kier alpha value is -1.59. The number of rotatable bonds is 6. The molecule has 0 heterocycles. The lowest BCUT2D eigenvalue weighted by Crippen LogP contribution is -2.38. The maximum Gasteiger partial charge on any atom is 0.319 e. The van der Waals surface area contributed by atoms with Crippen LogP contribution in [-0.4, -0.2) is 30.4 Å². The summed E-state index contributed by atoms with van der Waals surface area (Å²) in [5.74, 6) is 0. The van der Waals surface area contributed by atoms with Crippen LogP contribution in [0.5, 0.6) is 0 Å². The Morgan fingerprint density at radius 3 is 2.79 bits per heavy atom. The molecule has 19 heavy (non-hydrogen) atoms. The molecule has 0 saturated heterocycles. The molecule has 3 N–H and O–H groups in total. The van der Waals surface area contributed by atoms with Crippen LogP contribution < -0.4 is 10.6 Å². The quantitative estimate of drug-likeness (QED) is 0.740. The second-order valence-electron chi connectivity index (χ2n) is 4.46. The van der Waals surface area contributed by atoms with Crippen LogP contribution in [0.15, 0.2) is 24.3 Å². The topological polar surface area (TPSA) is 70.6 Å². The third-order valence-electron chi connectivity index (χ3n) is 2.58. The highest BCUT2D eigenvalue weighted by molar-refractivity contribution is 5.89. The zero-order chi connectivity index (χ0) is 14.3. The van der Waals surface area contributed by atoms with Crippen LogP contribution in [0.4, 0.5) is 10.5 Å². The highest BCUT2D eigenvalue weighted by Gasteiger charge is 2.08. The molecule has 1 aromatic carbocycles. The van der Waals surface area contributed by atoms with E-state index in [1.165, 1.54) is 0 Å². The summed E-state index contributed by atoms with van der Waals surface area (Å²) in [5, 5.41) is 15.0. The van der Waals surface area contributed by atoms with Crippen LogP contribution in [0.3, 0.4) is 0 Å². The maximum absolute atomic E-state index is 11.7. The van der Waals surface area contributed by atoms with E-state index in [2.05, 4.69) is 10.6 Å². The smallest absolute Gasteiger partial charge is 0.319 e. The van der Waals surface area contributed by atoms with E-state index in [-0.39, 0.29) is 12.1 Å². The number of amides is 2. The van der Waals surface area contributed by atoms with Crippen LogP contribution >= 0.6 is 0 Å². The number of nitrogens with one attached hydrogen (secondary N) is 2. The van der Waals surface area contributed by atoms with Gasteiger partial charge in [-0.25, -0.2) is 4.79 Å². The van der Waals surface area contributed by atoms with E-state index in [1.807, 2.05) is 19.9 Å². The molecule has 0 aromatic heterocycles. The standard InChI is InChI=1S/C14H22N2O3/c1-4-19-9-10(2)15-14(18)16-13-7-5-6-12(8-13)11(3)17/h5-8,10-11,17H,4,9H2,1-3H3,(H2,15,16,18). The third kappa shape index (κ3) is 5.72. The van der Waals surface area contributed by atoms with E-state index < -0.39 is 6.10 Å². The van der Waals surface area contributed by atoms with E-state index in [9.17, 15) is 9.90 Å². The average Bonchev–Trinajstić information content (AvgIpc) is 2.36. The summed E-state index contributed by atoms with van der Waals surface area (Å²) in [7, 11) is 0. The van der Waals surface area contributed by atoms with Crippen molar-refractivity contribution >= 4 is 11.7 Å². The van der Waals surface area contributed by atoms with Crippen molar-refractivity contribution in [2.24, 2.45) is 0 Å². The first-order valence-corrected chi connectivity index (χ1v) is 6.46. The molecule has 1 rings (SSSR count). The van der Waals surface area contributed by atoms with Gasteiger partial charge in [-0.1, -0.05) is 12.1 Å². The number of ether oxygens (including phenoxy) is 1. The molecular weight excluding hydrogens is 244 g/mol. The van der Waals surface area contributed by atoms with E-state index in [1.54, 1.807) is 25.1 Å². The Kier molecular flexibility index (Phi) is 6.32. The minimum Gasteiger partial charge on any atom is -0.389 e. The van der Waals surface area contributed by atoms with Gasteiger partial charge in [-0.05, 0) is 38.5 Å². The molecule has 5 heteroatoms. The molecule has 2 unspecified atom stereocenters. The molecule has 0 aliphatic heterocycles. The second-order valence-corrected chi connectivity index (χ2v) is 4.46. The van der Waals surface area contributed by atoms with Gasteiger partial charge < -0.3 is 20.5 Å². The van der Waals surface area contributed by atoms with E-state index >= 15 is 0 Å². The van der Waals surface area contributed by atoms with Crippen molar-refractivity contribution in [3.63, 3.8) is 0 Å². The van der Waals surface area contributed by atoms with Gasteiger partial charge in [0.25, 0.3) is 0 Å². The lowest BCUT2D eigenvalue weighted by molar-refractivity contribution is 0.129. The summed E-state index contributed by atoms with van der Waals surface area (Å²) in [6.45, 7) is 6.58. The lowest BCUT2D eigenvalue weighted by atomic mass is 10.1. The van der Waals surface area contributed by atoms with Crippen molar-refractivity contribution in [3.8, 4) is 0 Å². The van der Waals surface area contributed by atoms with Crippen molar-refractivity contribution < 1.29 is 14.6 Å². The van der Waals surface area contributed by atoms with Gasteiger partial charge in [-0.15, -0.1) is 0 Å². The van der Waals surface area contributed by atoms with E-state index in [4.69, 9.17) is 4.74 Å². The molecule has 5 nitrogen and oxygen atoms in total. The molecule has 0 fully saturated rings. The van der Waals surface area contributed by atoms with Gasteiger partial charge in [-0.3, -0.25) is 0 Å². The minimum atomic E-state index is -0.554. The molecule has 0 radical (unpaired) electrons. The predicted octanol–water partition coefficient (Wildman–Crippen LogP) is 2.29. The SMILES string of the molecule is CCOCC(C)NC(=O)Nc1cccc(C(C)O)c1. The maximum atomic E-state index is 11.7. The number of carbonyl (C=O) groups excluding carboxylic acids is 1. The molecule has 0 bridgehead atoms. The lowest BCUT2D eigenvalue weighted by Gasteiger charge is -2.15. The summed E-state index contributed by atoms with van der Waals surface area (Å²) in [5.41, 5.74) is 1.42. The average molecular weight is 266 g/mol. The van der Waals surface area contributed by atoms with Crippen LogP contribution in [0, 0.1) is 0 Å². The minimum absolute atomic E-state index is 0.0556. The molecule has 1 aromatic rings. The van der Waals surface area contributed by atoms with Crippen LogP contribution in [0.25, 0.3) is 0 Å². The normalized spacial score (nSPS) is 13.7. The third-order valence-corrected chi connectivity index (χ3v) is 2.58. The summed E-state index contributed by atoms with van der Waals surface area (Å²) in [6, 6.07) is 6.79. The molecule has 106 valence electrons. The van der Waals surface area contributed by atoms with Crippen LogP contribution in [0.2, 0.25) is 0 Å². The Bertz CT molecular complexity index is 407. The number of anilines is 1. The number of urea groups is 1. The first-order valence-electron chi connectivity index (χ1n) is 6.46. The summed E-state index contributed by atoms with van der Waals surface area (Å²) < 4.78 is 5.22. The fourth-order valence-corrected chi connectivity index (χ4v) is 1.60. The van der Waals surface area contributed by atoms with Gasteiger partial charge in [0.2, 0.25) is 0 Å². The number of carbonyl (C=O) groups is 1. The van der Waals surface area contributed by atoms with E-state index in [0.717, 1.165) is 5.56 Å². The fraction of sp³-hybridized carbons (Fsp3) is 0.500. The predicted molar refractivity (Wildman–Crippen MR) is 75.2 cm³/mol. The monoisotopic (exact) mass is 266 g/mol. The Labute approximate surface area is 114 Å². The zero-order valence-corrected chi connectivity index (χ0v) is 11.6. The molecule has 0 aliphatic carbocycles. The van der Waals surface area contributed by atoms with E-state index in [0.29, 0.717) is 18.9 Å². The largest absolute Gasteiger partial charge is 0.389 e. The number of hydrogen-bond donors (Lipinski definition) is 3. The van der Waals surface area contributed by atoms with Crippen LogP contribution in [-0.2, 0) is 4.74 Å². The first-order chi connectivity index (χ1) is 9.02. The Balaban J connectivity index is 2.50. The Morgan fingerprint density at radius 1 is 1.42 bits per heavy atom. The molecule has 2 amide bonds. The number of benzene rings is 1. The molecule has 2 atom stereocenters. The molecule has 0 saturated carbocycles. The first kappa shape index (κ1) is 15.5. The number of aliphatic hydroxyl groups excluding tert-OH is 1. The number of aliphatic hydroxyl groups is 1. The van der Waals surface area contributed by atoms with Crippen LogP contribution in [0.1, 0.15) is 32.4 Å². The zero-order valence-electron chi connectivity index (χ0n) is 11.6. The van der Waals surface area contributed by atoms with Crippen molar-refractivity contribution in [1.29, 1.82) is 0 Å². The summed E-state index contributed by atoms with van der Waals surface area (Å²) >= 11 is 0. The van der Waals surface area contributed by atoms with Crippen molar-refractivity contribution in [2.75, 3.05) is 18.5 Å². The van der Waals surface area contributed by atoms with Gasteiger partial charge in [0.05, 0.1) is 18.8 Å². The summed E-state index contributed by atoms with van der Waals surface area (Å²) in [6.07, 6.45) is -0.554. The Morgan fingerprint density at radius 2 is 2.16 bits per heavy atom. The van der Waals surface area contributed by atoms with Crippen molar-refractivity contribution in [3.05, 3.63) is 29.8 Å². The number of hydrogen-bond acceptors (Lipinski definition) is 3. The molecule has 0 aliphatic rings. The van der Waals surface area contributed by atoms with Crippen molar-refractivity contribution in [2.45, 2.75) is 32.9 Å².